The number of carbonyl (C=O) groups excluding carboxylic acids is 1. The number of amides is 1. The van der Waals surface area contributed by atoms with Gasteiger partial charge in [0.05, 0.1) is 6.61 Å². The molecule has 0 saturated carbocycles. The number of hydrogen-bond donors (Lipinski definition) is 1. The first-order valence-electron chi connectivity index (χ1n) is 7.67. The third-order valence-corrected chi connectivity index (χ3v) is 4.25. The Kier molecular flexibility index (Phi) is 4.35. The number of aliphatic hydroxyl groups excluding tert-OH is 1. The Morgan fingerprint density at radius 3 is 2.77 bits per heavy atom. The van der Waals surface area contributed by atoms with Gasteiger partial charge in [0.25, 0.3) is 5.91 Å². The molecule has 3 heterocycles. The summed E-state index contributed by atoms with van der Waals surface area (Å²) in [7, 11) is 0. The van der Waals surface area contributed by atoms with Crippen LogP contribution in [0.3, 0.4) is 0 Å². The van der Waals surface area contributed by atoms with Crippen molar-refractivity contribution < 1.29 is 9.90 Å². The van der Waals surface area contributed by atoms with E-state index in [4.69, 9.17) is 0 Å². The molecule has 7 heteroatoms. The summed E-state index contributed by atoms with van der Waals surface area (Å²) in [6.45, 7) is 5.14. The van der Waals surface area contributed by atoms with Crippen LogP contribution in [0.4, 0.5) is 0 Å². The van der Waals surface area contributed by atoms with Gasteiger partial charge in [0, 0.05) is 50.8 Å². The van der Waals surface area contributed by atoms with Crippen LogP contribution in [0, 0.1) is 0 Å². The van der Waals surface area contributed by atoms with Gasteiger partial charge in [-0.25, -0.2) is 9.97 Å². The maximum absolute atomic E-state index is 12.5. The Labute approximate surface area is 129 Å². The van der Waals surface area contributed by atoms with Crippen LogP contribution in [-0.4, -0.2) is 74.0 Å². The van der Waals surface area contributed by atoms with Crippen molar-refractivity contribution in [2.24, 2.45) is 0 Å². The lowest BCUT2D eigenvalue weighted by molar-refractivity contribution is 0.0468. The van der Waals surface area contributed by atoms with E-state index in [1.54, 1.807) is 16.8 Å². The van der Waals surface area contributed by atoms with Crippen LogP contribution in [0.25, 0.3) is 5.78 Å². The number of hydrogen-bond acceptors (Lipinski definition) is 5. The number of nitrogens with zero attached hydrogens (tertiary/aromatic N) is 5. The van der Waals surface area contributed by atoms with Gasteiger partial charge in [0.1, 0.15) is 5.69 Å². The summed E-state index contributed by atoms with van der Waals surface area (Å²) in [5.41, 5.74) is 0.432. The van der Waals surface area contributed by atoms with Crippen LogP contribution >= 0.6 is 0 Å². The molecular formula is C15H21N5O2. The van der Waals surface area contributed by atoms with Gasteiger partial charge in [-0.05, 0) is 12.5 Å². The summed E-state index contributed by atoms with van der Waals surface area (Å²) in [6, 6.07) is 2.00. The molecule has 1 fully saturated rings. The number of rotatable bonds is 4. The van der Waals surface area contributed by atoms with Gasteiger partial charge >= 0.3 is 0 Å². The Morgan fingerprint density at radius 1 is 1.36 bits per heavy atom. The fourth-order valence-corrected chi connectivity index (χ4v) is 2.89. The Bertz CT molecular complexity index is 611. The van der Waals surface area contributed by atoms with Crippen molar-refractivity contribution in [2.45, 2.75) is 19.4 Å². The molecule has 0 bridgehead atoms. The van der Waals surface area contributed by atoms with E-state index in [-0.39, 0.29) is 18.6 Å². The topological polar surface area (TPSA) is 74.0 Å². The van der Waals surface area contributed by atoms with E-state index >= 15 is 0 Å². The van der Waals surface area contributed by atoms with Crippen molar-refractivity contribution in [3.63, 3.8) is 0 Å². The molecule has 1 unspecified atom stereocenters. The van der Waals surface area contributed by atoms with Crippen LogP contribution in [-0.2, 0) is 0 Å². The molecule has 2 aromatic rings. The standard InChI is InChI=1S/C15H21N5O2/c1-2-12(11-21)18-6-8-19(9-7-18)14(22)13-10-20-5-3-4-16-15(20)17-13/h3-5,10,12,21H,2,6-9,11H2,1H3. The quantitative estimate of drug-likeness (QED) is 0.877. The van der Waals surface area contributed by atoms with E-state index in [2.05, 4.69) is 21.8 Å². The SMILES string of the molecule is CCC(CO)N1CCN(C(=O)c2cn3cccnc3n2)CC1. The highest BCUT2D eigenvalue weighted by molar-refractivity contribution is 5.92. The number of piperazine rings is 1. The van der Waals surface area contributed by atoms with Gasteiger partial charge in [-0.2, -0.15) is 0 Å². The van der Waals surface area contributed by atoms with Crippen molar-refractivity contribution in [1.29, 1.82) is 0 Å². The van der Waals surface area contributed by atoms with Crippen molar-refractivity contribution in [2.75, 3.05) is 32.8 Å². The van der Waals surface area contributed by atoms with Crippen molar-refractivity contribution in [1.82, 2.24) is 24.2 Å². The highest BCUT2D eigenvalue weighted by Crippen LogP contribution is 2.12. The summed E-state index contributed by atoms with van der Waals surface area (Å²) in [6.07, 6.45) is 6.13. The minimum Gasteiger partial charge on any atom is -0.395 e. The average Bonchev–Trinajstić information content (AvgIpc) is 3.00. The van der Waals surface area contributed by atoms with Crippen LogP contribution in [0.15, 0.2) is 24.7 Å². The molecule has 0 spiro atoms. The predicted molar refractivity (Wildman–Crippen MR) is 81.6 cm³/mol. The number of imidazole rings is 1. The molecule has 0 aromatic carbocycles. The third-order valence-electron chi connectivity index (χ3n) is 4.25. The second-order valence-electron chi connectivity index (χ2n) is 5.53. The van der Waals surface area contributed by atoms with Crippen molar-refractivity contribution in [3.8, 4) is 0 Å². The predicted octanol–water partition coefficient (Wildman–Crippen LogP) is 0.258. The molecule has 0 aliphatic carbocycles. The number of aliphatic hydroxyl groups is 1. The van der Waals surface area contributed by atoms with Crippen LogP contribution < -0.4 is 0 Å². The first kappa shape index (κ1) is 14.9. The first-order chi connectivity index (χ1) is 10.7. The van der Waals surface area contributed by atoms with Crippen LogP contribution in [0.1, 0.15) is 23.8 Å². The monoisotopic (exact) mass is 303 g/mol. The van der Waals surface area contributed by atoms with E-state index in [9.17, 15) is 9.90 Å². The van der Waals surface area contributed by atoms with E-state index in [0.29, 0.717) is 24.6 Å². The Balaban J connectivity index is 1.67. The van der Waals surface area contributed by atoms with E-state index in [1.165, 1.54) is 0 Å². The third kappa shape index (κ3) is 2.82. The summed E-state index contributed by atoms with van der Waals surface area (Å²) in [5, 5.41) is 9.37. The molecule has 1 aliphatic heterocycles. The van der Waals surface area contributed by atoms with Gasteiger partial charge in [-0.3, -0.25) is 14.1 Å². The van der Waals surface area contributed by atoms with Crippen LogP contribution in [0.2, 0.25) is 0 Å². The fourth-order valence-electron chi connectivity index (χ4n) is 2.89. The maximum atomic E-state index is 12.5. The average molecular weight is 303 g/mol. The fraction of sp³-hybridized carbons (Fsp3) is 0.533. The molecule has 118 valence electrons. The minimum atomic E-state index is -0.0535. The zero-order chi connectivity index (χ0) is 15.5. The Morgan fingerprint density at radius 2 is 2.14 bits per heavy atom. The van der Waals surface area contributed by atoms with Crippen molar-refractivity contribution >= 4 is 11.7 Å². The molecule has 1 saturated heterocycles. The molecule has 0 radical (unpaired) electrons. The van der Waals surface area contributed by atoms with Gasteiger partial charge in [-0.15, -0.1) is 0 Å². The van der Waals surface area contributed by atoms with Gasteiger partial charge < -0.3 is 10.0 Å². The minimum absolute atomic E-state index is 0.0535. The summed E-state index contributed by atoms with van der Waals surface area (Å²) in [5.74, 6) is 0.484. The van der Waals surface area contributed by atoms with Crippen LogP contribution in [0.5, 0.6) is 0 Å². The lowest BCUT2D eigenvalue weighted by atomic mass is 10.1. The van der Waals surface area contributed by atoms with E-state index in [0.717, 1.165) is 19.5 Å². The molecule has 1 N–H and O–H groups in total. The number of carbonyl (C=O) groups is 1. The van der Waals surface area contributed by atoms with Gasteiger partial charge in [-0.1, -0.05) is 6.92 Å². The second kappa shape index (κ2) is 6.41. The second-order valence-corrected chi connectivity index (χ2v) is 5.53. The molecule has 2 aromatic heterocycles. The van der Waals surface area contributed by atoms with E-state index < -0.39 is 0 Å². The zero-order valence-corrected chi connectivity index (χ0v) is 12.7. The molecule has 1 atom stereocenters. The first-order valence-corrected chi connectivity index (χ1v) is 7.67. The number of fused-ring (bicyclic) bond motifs is 1. The highest BCUT2D eigenvalue weighted by Gasteiger charge is 2.26. The molecular weight excluding hydrogens is 282 g/mol. The van der Waals surface area contributed by atoms with Gasteiger partial charge in [0.15, 0.2) is 0 Å². The molecule has 1 amide bonds. The zero-order valence-electron chi connectivity index (χ0n) is 12.7. The summed E-state index contributed by atoms with van der Waals surface area (Å²) >= 11 is 0. The van der Waals surface area contributed by atoms with E-state index in [1.807, 2.05) is 17.2 Å². The molecule has 7 nitrogen and oxygen atoms in total. The smallest absolute Gasteiger partial charge is 0.274 e. The van der Waals surface area contributed by atoms with Crippen molar-refractivity contribution in [3.05, 3.63) is 30.4 Å². The maximum Gasteiger partial charge on any atom is 0.274 e. The number of aromatic nitrogens is 3. The van der Waals surface area contributed by atoms with Gasteiger partial charge in [0.2, 0.25) is 5.78 Å². The molecule has 3 rings (SSSR count). The summed E-state index contributed by atoms with van der Waals surface area (Å²) in [4.78, 5) is 25.0. The lowest BCUT2D eigenvalue weighted by Gasteiger charge is -2.38. The Hall–Kier alpha value is -1.99. The lowest BCUT2D eigenvalue weighted by Crippen LogP contribution is -2.52. The molecule has 1 aliphatic rings. The normalized spacial score (nSPS) is 17.8. The largest absolute Gasteiger partial charge is 0.395 e. The molecule has 22 heavy (non-hydrogen) atoms. The summed E-state index contributed by atoms with van der Waals surface area (Å²) < 4.78 is 1.75. The highest BCUT2D eigenvalue weighted by atomic mass is 16.3.